The van der Waals surface area contributed by atoms with Gasteiger partial charge in [-0.2, -0.15) is 0 Å². The largest absolute Gasteiger partial charge is 0.573 e. The van der Waals surface area contributed by atoms with Crippen molar-refractivity contribution >= 4 is 5.82 Å². The topological polar surface area (TPSA) is 51.1 Å². The third-order valence-corrected chi connectivity index (χ3v) is 4.37. The van der Waals surface area contributed by atoms with Crippen LogP contribution in [0.15, 0.2) is 48.8 Å². The molecule has 5 nitrogen and oxygen atoms in total. The number of hydrogen-bond donors (Lipinski definition) is 0. The highest BCUT2D eigenvalue weighted by molar-refractivity contribution is 5.71. The molecule has 0 fully saturated rings. The lowest BCUT2D eigenvalue weighted by Crippen LogP contribution is -2.23. The molecule has 0 aliphatic carbocycles. The molecule has 0 radical (unpaired) electrons. The minimum absolute atomic E-state index is 0.263. The van der Waals surface area contributed by atoms with Gasteiger partial charge in [-0.25, -0.2) is 9.97 Å². The van der Waals surface area contributed by atoms with E-state index in [0.717, 1.165) is 41.3 Å². The monoisotopic (exact) mass is 402 g/mol. The molecule has 0 atom stereocenters. The van der Waals surface area contributed by atoms with E-state index in [-0.39, 0.29) is 5.75 Å². The summed E-state index contributed by atoms with van der Waals surface area (Å²) >= 11 is 0. The van der Waals surface area contributed by atoms with Crippen molar-refractivity contribution in [2.75, 3.05) is 18.0 Å². The van der Waals surface area contributed by atoms with E-state index in [1.807, 2.05) is 19.1 Å². The summed E-state index contributed by atoms with van der Waals surface area (Å²) in [5.41, 5.74) is 3.04. The molecule has 0 aliphatic heterocycles. The summed E-state index contributed by atoms with van der Waals surface area (Å²) in [6.07, 6.45) is -1.35. The van der Waals surface area contributed by atoms with Crippen LogP contribution in [0.3, 0.4) is 0 Å². The average Bonchev–Trinajstić information content (AvgIpc) is 2.68. The van der Waals surface area contributed by atoms with Crippen LogP contribution in [0.2, 0.25) is 0 Å². The van der Waals surface area contributed by atoms with E-state index in [1.54, 1.807) is 24.5 Å². The number of hydrogen-bond acceptors (Lipinski definition) is 5. The normalized spacial score (nSPS) is 11.4. The molecule has 1 aromatic carbocycles. The second kappa shape index (κ2) is 8.46. The van der Waals surface area contributed by atoms with E-state index in [4.69, 9.17) is 0 Å². The first-order valence-electron chi connectivity index (χ1n) is 9.21. The first-order valence-corrected chi connectivity index (χ1v) is 9.21. The van der Waals surface area contributed by atoms with Crippen LogP contribution in [0.5, 0.6) is 5.75 Å². The van der Waals surface area contributed by atoms with Crippen molar-refractivity contribution in [3.05, 3.63) is 54.6 Å². The van der Waals surface area contributed by atoms with Gasteiger partial charge in [0.05, 0.1) is 5.69 Å². The fraction of sp³-hybridized carbons (Fsp3) is 0.286. The summed E-state index contributed by atoms with van der Waals surface area (Å²) in [4.78, 5) is 15.4. The molecule has 0 amide bonds. The van der Waals surface area contributed by atoms with Gasteiger partial charge in [0.1, 0.15) is 17.4 Å². The van der Waals surface area contributed by atoms with Gasteiger partial charge in [-0.3, -0.25) is 4.98 Å². The predicted octanol–water partition coefficient (Wildman–Crippen LogP) is 5.26. The second-order valence-corrected chi connectivity index (χ2v) is 6.37. The van der Waals surface area contributed by atoms with Crippen LogP contribution < -0.4 is 9.64 Å². The third kappa shape index (κ3) is 5.22. The molecular formula is C21H21F3N4O. The molecule has 0 saturated heterocycles. The summed E-state index contributed by atoms with van der Waals surface area (Å²) in [7, 11) is 0. The van der Waals surface area contributed by atoms with Crippen LogP contribution in [0.4, 0.5) is 19.0 Å². The van der Waals surface area contributed by atoms with Gasteiger partial charge in [0.25, 0.3) is 0 Å². The molecule has 29 heavy (non-hydrogen) atoms. The van der Waals surface area contributed by atoms with E-state index in [9.17, 15) is 13.2 Å². The van der Waals surface area contributed by atoms with Gasteiger partial charge < -0.3 is 9.64 Å². The Balaban J connectivity index is 1.92. The first kappa shape index (κ1) is 20.6. The number of ether oxygens (including phenoxy) is 1. The number of halogens is 3. The molecule has 0 bridgehead atoms. The fourth-order valence-corrected chi connectivity index (χ4v) is 3.00. The van der Waals surface area contributed by atoms with E-state index in [1.165, 1.54) is 12.1 Å². The molecule has 3 rings (SSSR count). The molecule has 0 aliphatic rings. The number of nitrogens with zero attached hydrogens (tertiary/aromatic N) is 4. The summed E-state index contributed by atoms with van der Waals surface area (Å²) in [6.45, 7) is 7.63. The van der Waals surface area contributed by atoms with Crippen LogP contribution in [0, 0.1) is 6.92 Å². The standard InChI is InChI=1S/C21H21F3N4O/c1-4-28(5-2)20-11-19(26-14(3)27-20)17-10-16(12-25-13-17)15-6-8-18(9-7-15)29-21(22,23)24/h6-13H,4-5H2,1-3H3. The minimum atomic E-state index is -4.71. The lowest BCUT2D eigenvalue weighted by molar-refractivity contribution is -0.274. The van der Waals surface area contributed by atoms with Crippen molar-refractivity contribution in [3.8, 4) is 28.1 Å². The summed E-state index contributed by atoms with van der Waals surface area (Å²) < 4.78 is 40.9. The molecule has 0 spiro atoms. The van der Waals surface area contributed by atoms with Crippen LogP contribution in [0.25, 0.3) is 22.4 Å². The summed E-state index contributed by atoms with van der Waals surface area (Å²) in [5, 5.41) is 0. The second-order valence-electron chi connectivity index (χ2n) is 6.37. The van der Waals surface area contributed by atoms with Gasteiger partial charge in [0.2, 0.25) is 0 Å². The average molecular weight is 402 g/mol. The van der Waals surface area contributed by atoms with Crippen molar-refractivity contribution in [1.29, 1.82) is 0 Å². The molecule has 152 valence electrons. The molecule has 8 heteroatoms. The van der Waals surface area contributed by atoms with E-state index in [0.29, 0.717) is 5.82 Å². The molecule has 0 saturated carbocycles. The van der Waals surface area contributed by atoms with Crippen molar-refractivity contribution in [3.63, 3.8) is 0 Å². The van der Waals surface area contributed by atoms with Crippen molar-refractivity contribution in [1.82, 2.24) is 15.0 Å². The van der Waals surface area contributed by atoms with E-state index in [2.05, 4.69) is 38.4 Å². The van der Waals surface area contributed by atoms with Gasteiger partial charge in [0.15, 0.2) is 0 Å². The van der Waals surface area contributed by atoms with Crippen molar-refractivity contribution in [2.24, 2.45) is 0 Å². The van der Waals surface area contributed by atoms with Crippen LogP contribution in [-0.4, -0.2) is 34.4 Å². The van der Waals surface area contributed by atoms with E-state index >= 15 is 0 Å². The van der Waals surface area contributed by atoms with Gasteiger partial charge >= 0.3 is 6.36 Å². The Morgan fingerprint density at radius 2 is 1.55 bits per heavy atom. The highest BCUT2D eigenvalue weighted by Gasteiger charge is 2.30. The maximum atomic E-state index is 12.3. The van der Waals surface area contributed by atoms with Crippen LogP contribution in [-0.2, 0) is 0 Å². The van der Waals surface area contributed by atoms with Crippen molar-refractivity contribution < 1.29 is 17.9 Å². The highest BCUT2D eigenvalue weighted by atomic mass is 19.4. The van der Waals surface area contributed by atoms with Crippen LogP contribution >= 0.6 is 0 Å². The smallest absolute Gasteiger partial charge is 0.406 e. The van der Waals surface area contributed by atoms with E-state index < -0.39 is 6.36 Å². The highest BCUT2D eigenvalue weighted by Crippen LogP contribution is 2.29. The molecule has 2 heterocycles. The Bertz CT molecular complexity index is 970. The number of benzene rings is 1. The molecule has 0 N–H and O–H groups in total. The first-order chi connectivity index (χ1) is 13.8. The molecular weight excluding hydrogens is 381 g/mol. The number of pyridine rings is 1. The number of aryl methyl sites for hydroxylation is 1. The molecule has 3 aromatic rings. The fourth-order valence-electron chi connectivity index (χ4n) is 3.00. The minimum Gasteiger partial charge on any atom is -0.406 e. The van der Waals surface area contributed by atoms with Gasteiger partial charge in [-0.05, 0) is 44.5 Å². The number of aromatic nitrogens is 3. The Kier molecular flexibility index (Phi) is 6.00. The van der Waals surface area contributed by atoms with Gasteiger partial charge in [-0.1, -0.05) is 12.1 Å². The number of anilines is 1. The lowest BCUT2D eigenvalue weighted by Gasteiger charge is -2.20. The third-order valence-electron chi connectivity index (χ3n) is 4.37. The quantitative estimate of drug-likeness (QED) is 0.563. The predicted molar refractivity (Wildman–Crippen MR) is 106 cm³/mol. The van der Waals surface area contributed by atoms with Gasteiger partial charge in [-0.15, -0.1) is 13.2 Å². The SMILES string of the molecule is CCN(CC)c1cc(-c2cncc(-c3ccc(OC(F)(F)F)cc3)c2)nc(C)n1. The summed E-state index contributed by atoms with van der Waals surface area (Å²) in [5.74, 6) is 1.24. The maximum Gasteiger partial charge on any atom is 0.573 e. The number of alkyl halides is 3. The molecule has 2 aromatic heterocycles. The zero-order valence-corrected chi connectivity index (χ0v) is 16.4. The zero-order valence-electron chi connectivity index (χ0n) is 16.4. The van der Waals surface area contributed by atoms with Crippen molar-refractivity contribution in [2.45, 2.75) is 27.1 Å². The summed E-state index contributed by atoms with van der Waals surface area (Å²) in [6, 6.07) is 9.51. The Labute approximate surface area is 167 Å². The number of rotatable bonds is 6. The Hall–Kier alpha value is -3.16. The molecule has 0 unspecified atom stereocenters. The Morgan fingerprint density at radius 1 is 0.897 bits per heavy atom. The Morgan fingerprint density at radius 3 is 2.17 bits per heavy atom. The van der Waals surface area contributed by atoms with Gasteiger partial charge in [0, 0.05) is 42.7 Å². The maximum absolute atomic E-state index is 12.3. The zero-order chi connectivity index (χ0) is 21.0. The lowest BCUT2D eigenvalue weighted by atomic mass is 10.0. The van der Waals surface area contributed by atoms with Crippen LogP contribution in [0.1, 0.15) is 19.7 Å².